The van der Waals surface area contributed by atoms with Gasteiger partial charge < -0.3 is 15.0 Å². The average molecular weight is 510 g/mol. The van der Waals surface area contributed by atoms with Crippen molar-refractivity contribution in [2.45, 2.75) is 44.0 Å². The minimum Gasteiger partial charge on any atom is -0.450 e. The van der Waals surface area contributed by atoms with E-state index in [9.17, 15) is 18.0 Å². The molecule has 0 saturated carbocycles. The van der Waals surface area contributed by atoms with E-state index in [-0.39, 0.29) is 16.9 Å². The lowest BCUT2D eigenvalue weighted by Gasteiger charge is -2.39. The van der Waals surface area contributed by atoms with Crippen molar-refractivity contribution in [2.75, 3.05) is 25.0 Å². The molecule has 2 amide bonds. The summed E-state index contributed by atoms with van der Waals surface area (Å²) < 4.78 is 35.0. The Morgan fingerprint density at radius 3 is 2.28 bits per heavy atom. The Morgan fingerprint density at radius 1 is 0.972 bits per heavy atom. The Hall–Kier alpha value is -3.43. The van der Waals surface area contributed by atoms with Crippen LogP contribution in [-0.2, 0) is 14.8 Å². The van der Waals surface area contributed by atoms with Crippen molar-refractivity contribution in [3.63, 3.8) is 0 Å². The summed E-state index contributed by atoms with van der Waals surface area (Å²) >= 11 is 0. The van der Waals surface area contributed by atoms with E-state index in [2.05, 4.69) is 10.0 Å². The Balaban J connectivity index is 1.58. The number of benzene rings is 3. The van der Waals surface area contributed by atoms with Crippen LogP contribution < -0.4 is 10.0 Å². The lowest BCUT2D eigenvalue weighted by molar-refractivity contribution is 0.0874. The van der Waals surface area contributed by atoms with Gasteiger partial charge in [-0.2, -0.15) is 0 Å². The molecule has 190 valence electrons. The normalized spacial score (nSPS) is 15.5. The Morgan fingerprint density at radius 2 is 1.61 bits per heavy atom. The van der Waals surface area contributed by atoms with Crippen molar-refractivity contribution in [2.24, 2.45) is 0 Å². The molecule has 1 saturated heterocycles. The van der Waals surface area contributed by atoms with Crippen molar-refractivity contribution >= 4 is 38.5 Å². The highest BCUT2D eigenvalue weighted by atomic mass is 32.2. The predicted molar refractivity (Wildman–Crippen MR) is 140 cm³/mol. The summed E-state index contributed by atoms with van der Waals surface area (Å²) in [5, 5.41) is 4.08. The van der Waals surface area contributed by atoms with Gasteiger partial charge in [0.15, 0.2) is 0 Å². The molecule has 1 aliphatic rings. The summed E-state index contributed by atoms with van der Waals surface area (Å²) in [7, 11) is -3.89. The third-order valence-corrected chi connectivity index (χ3v) is 8.28. The number of amides is 2. The van der Waals surface area contributed by atoms with Gasteiger partial charge in [0.1, 0.15) is 0 Å². The van der Waals surface area contributed by atoms with E-state index in [1.54, 1.807) is 48.2 Å². The molecule has 0 bridgehead atoms. The van der Waals surface area contributed by atoms with Gasteiger partial charge in [-0.05, 0) is 57.4 Å². The van der Waals surface area contributed by atoms with E-state index in [1.807, 2.05) is 32.0 Å². The molecule has 0 aromatic heterocycles. The van der Waals surface area contributed by atoms with Gasteiger partial charge in [-0.1, -0.05) is 42.5 Å². The van der Waals surface area contributed by atoms with Crippen LogP contribution in [0.2, 0.25) is 0 Å². The maximum Gasteiger partial charge on any atom is 0.409 e. The van der Waals surface area contributed by atoms with Crippen molar-refractivity contribution in [3.8, 4) is 0 Å². The van der Waals surface area contributed by atoms with Crippen LogP contribution in [0.5, 0.6) is 0 Å². The third-order valence-electron chi connectivity index (χ3n) is 6.59. The fourth-order valence-electron chi connectivity index (χ4n) is 4.51. The summed E-state index contributed by atoms with van der Waals surface area (Å²) in [6.45, 7) is 6.58. The van der Waals surface area contributed by atoms with Crippen LogP contribution in [0.4, 0.5) is 10.5 Å². The number of piperidine rings is 1. The Labute approximate surface area is 211 Å². The van der Waals surface area contributed by atoms with Crippen LogP contribution in [0, 0.1) is 6.92 Å². The number of sulfonamides is 1. The highest BCUT2D eigenvalue weighted by Gasteiger charge is 2.36. The number of nitrogens with zero attached hydrogens (tertiary/aromatic N) is 1. The molecule has 1 aliphatic heterocycles. The predicted octanol–water partition coefficient (Wildman–Crippen LogP) is 4.69. The third kappa shape index (κ3) is 5.37. The summed E-state index contributed by atoms with van der Waals surface area (Å²) in [6, 6.07) is 17.6. The zero-order chi connectivity index (χ0) is 25.9. The number of carbonyl (C=O) groups excluding carboxylic acids is 2. The number of rotatable bonds is 6. The van der Waals surface area contributed by atoms with Crippen LogP contribution in [0.25, 0.3) is 10.8 Å². The van der Waals surface area contributed by atoms with Crippen LogP contribution in [0.15, 0.2) is 65.6 Å². The zero-order valence-electron chi connectivity index (χ0n) is 20.7. The molecule has 3 aromatic rings. The summed E-state index contributed by atoms with van der Waals surface area (Å²) in [6.07, 6.45) is 0.554. The zero-order valence-corrected chi connectivity index (χ0v) is 21.5. The summed E-state index contributed by atoms with van der Waals surface area (Å²) in [5.41, 5.74) is 1.24. The average Bonchev–Trinajstić information content (AvgIpc) is 2.84. The van der Waals surface area contributed by atoms with Gasteiger partial charge in [-0.15, -0.1) is 0 Å². The number of hydrogen-bond acceptors (Lipinski definition) is 5. The smallest absolute Gasteiger partial charge is 0.409 e. The molecular weight excluding hydrogens is 478 g/mol. The molecule has 0 aliphatic carbocycles. The first-order valence-corrected chi connectivity index (χ1v) is 13.5. The highest BCUT2D eigenvalue weighted by Crippen LogP contribution is 2.32. The van der Waals surface area contributed by atoms with E-state index in [1.165, 1.54) is 6.07 Å². The number of anilines is 1. The largest absolute Gasteiger partial charge is 0.450 e. The van der Waals surface area contributed by atoms with E-state index in [0.29, 0.717) is 54.6 Å². The van der Waals surface area contributed by atoms with E-state index < -0.39 is 15.6 Å². The van der Waals surface area contributed by atoms with Gasteiger partial charge in [0.2, 0.25) is 10.0 Å². The van der Waals surface area contributed by atoms with E-state index in [0.717, 1.165) is 5.56 Å². The minimum absolute atomic E-state index is 0.140. The number of nitrogens with one attached hydrogen (secondary N) is 2. The van der Waals surface area contributed by atoms with Crippen LogP contribution in [-0.4, -0.2) is 50.6 Å². The number of fused-ring (bicyclic) bond motifs is 1. The first kappa shape index (κ1) is 25.7. The number of carbonyl (C=O) groups is 2. The summed E-state index contributed by atoms with van der Waals surface area (Å²) in [4.78, 5) is 26.7. The fraction of sp³-hybridized carbons (Fsp3) is 0.333. The minimum atomic E-state index is -3.89. The second kappa shape index (κ2) is 10.3. The Kier molecular flexibility index (Phi) is 7.33. The maximum atomic E-state index is 13.5. The molecule has 2 N–H and O–H groups in total. The molecular formula is C27H31N3O5S. The molecule has 1 heterocycles. The van der Waals surface area contributed by atoms with Crippen molar-refractivity contribution in [1.82, 2.24) is 9.62 Å². The van der Waals surface area contributed by atoms with E-state index >= 15 is 0 Å². The van der Waals surface area contributed by atoms with Gasteiger partial charge in [0.05, 0.1) is 11.5 Å². The van der Waals surface area contributed by atoms with Crippen LogP contribution in [0.1, 0.15) is 42.6 Å². The molecule has 0 atom stereocenters. The van der Waals surface area contributed by atoms with Crippen LogP contribution in [0.3, 0.4) is 0 Å². The lowest BCUT2D eigenvalue weighted by atomic mass is 9.91. The van der Waals surface area contributed by atoms with Crippen LogP contribution >= 0.6 is 0 Å². The topological polar surface area (TPSA) is 105 Å². The SMILES string of the molecule is CCOC(=O)N1CCC(C)(NS(=O)(=O)c2ccc(NC(=O)c3ccccc3C)c3ccccc23)CC1. The van der Waals surface area contributed by atoms with Gasteiger partial charge in [-0.25, -0.2) is 17.9 Å². The fourth-order valence-corrected chi connectivity index (χ4v) is 6.19. The number of hydrogen-bond donors (Lipinski definition) is 2. The number of ether oxygens (including phenoxy) is 1. The molecule has 0 spiro atoms. The van der Waals surface area contributed by atoms with Crippen molar-refractivity contribution in [1.29, 1.82) is 0 Å². The second-order valence-corrected chi connectivity index (χ2v) is 10.9. The second-order valence-electron chi connectivity index (χ2n) is 9.28. The molecule has 0 radical (unpaired) electrons. The quantitative estimate of drug-likeness (QED) is 0.502. The summed E-state index contributed by atoms with van der Waals surface area (Å²) in [5.74, 6) is -0.257. The first-order valence-electron chi connectivity index (χ1n) is 12.0. The first-order chi connectivity index (χ1) is 17.1. The van der Waals surface area contributed by atoms with Gasteiger partial charge >= 0.3 is 6.09 Å². The number of aryl methyl sites for hydroxylation is 1. The number of likely N-dealkylation sites (tertiary alicyclic amines) is 1. The van der Waals surface area contributed by atoms with Gasteiger partial charge in [0, 0.05) is 40.7 Å². The molecule has 3 aromatic carbocycles. The molecule has 9 heteroatoms. The van der Waals surface area contributed by atoms with Gasteiger partial charge in [-0.3, -0.25) is 4.79 Å². The standard InChI is InChI=1S/C27H31N3O5S/c1-4-35-26(32)30-17-15-27(3,16-18-30)29-36(33,34)24-14-13-23(21-11-7-8-12-22(21)24)28-25(31)20-10-6-5-9-19(20)2/h5-14,29H,4,15-18H2,1-3H3,(H,28,31). The van der Waals surface area contributed by atoms with Crippen molar-refractivity contribution in [3.05, 3.63) is 71.8 Å². The maximum absolute atomic E-state index is 13.5. The lowest BCUT2D eigenvalue weighted by Crippen LogP contribution is -2.54. The highest BCUT2D eigenvalue weighted by molar-refractivity contribution is 7.89. The Bertz CT molecular complexity index is 1400. The monoisotopic (exact) mass is 509 g/mol. The van der Waals surface area contributed by atoms with Gasteiger partial charge in [0.25, 0.3) is 5.91 Å². The molecule has 1 fully saturated rings. The molecule has 8 nitrogen and oxygen atoms in total. The molecule has 4 rings (SSSR count). The molecule has 36 heavy (non-hydrogen) atoms. The van der Waals surface area contributed by atoms with E-state index in [4.69, 9.17) is 4.74 Å². The van der Waals surface area contributed by atoms with Crippen molar-refractivity contribution < 1.29 is 22.7 Å². The molecule has 0 unspecified atom stereocenters.